The molecular formula is C23H26N4O2S. The van der Waals surface area contributed by atoms with E-state index < -0.39 is 0 Å². The number of ether oxygens (including phenoxy) is 1. The van der Waals surface area contributed by atoms with Crippen molar-refractivity contribution >= 4 is 22.9 Å². The fraction of sp³-hybridized carbons (Fsp3) is 0.348. The van der Waals surface area contributed by atoms with E-state index in [1.54, 1.807) is 23.7 Å². The first-order chi connectivity index (χ1) is 14.6. The number of amides is 1. The van der Waals surface area contributed by atoms with Crippen molar-refractivity contribution in [3.8, 4) is 11.5 Å². The van der Waals surface area contributed by atoms with Gasteiger partial charge in [-0.3, -0.25) is 14.7 Å². The van der Waals surface area contributed by atoms with Crippen LogP contribution in [-0.2, 0) is 11.3 Å². The summed E-state index contributed by atoms with van der Waals surface area (Å²) in [5.74, 6) is 1.59. The lowest BCUT2D eigenvalue weighted by Gasteiger charge is -2.30. The molecule has 1 aliphatic heterocycles. The van der Waals surface area contributed by atoms with Crippen LogP contribution in [0.2, 0.25) is 0 Å². The highest BCUT2D eigenvalue weighted by Crippen LogP contribution is 2.28. The Kier molecular flexibility index (Phi) is 6.40. The van der Waals surface area contributed by atoms with Crippen molar-refractivity contribution in [1.82, 2.24) is 14.9 Å². The van der Waals surface area contributed by atoms with E-state index in [-0.39, 0.29) is 11.8 Å². The van der Waals surface area contributed by atoms with Crippen molar-refractivity contribution in [1.29, 1.82) is 0 Å². The number of aromatic nitrogens is 2. The lowest BCUT2D eigenvalue weighted by molar-refractivity contribution is -0.121. The minimum Gasteiger partial charge on any atom is -0.455 e. The first-order valence-electron chi connectivity index (χ1n) is 10.2. The molecule has 1 N–H and O–H groups in total. The highest BCUT2D eigenvalue weighted by Gasteiger charge is 2.25. The zero-order valence-corrected chi connectivity index (χ0v) is 18.1. The van der Waals surface area contributed by atoms with Crippen molar-refractivity contribution in [3.63, 3.8) is 0 Å². The van der Waals surface area contributed by atoms with Crippen LogP contribution in [0, 0.1) is 19.8 Å². The maximum Gasteiger partial charge on any atom is 0.227 e. The number of benzene rings is 1. The Labute approximate surface area is 180 Å². The number of hydrogen-bond donors (Lipinski definition) is 1. The lowest BCUT2D eigenvalue weighted by atomic mass is 9.95. The van der Waals surface area contributed by atoms with Crippen molar-refractivity contribution in [3.05, 3.63) is 64.4 Å². The van der Waals surface area contributed by atoms with Crippen LogP contribution in [0.25, 0.3) is 0 Å². The summed E-state index contributed by atoms with van der Waals surface area (Å²) >= 11 is 1.69. The predicted octanol–water partition coefficient (Wildman–Crippen LogP) is 4.80. The highest BCUT2D eigenvalue weighted by molar-refractivity contribution is 7.09. The number of likely N-dealkylation sites (tertiary alicyclic amines) is 1. The Morgan fingerprint density at radius 2 is 2.10 bits per heavy atom. The molecule has 2 aromatic heterocycles. The second-order valence-electron chi connectivity index (χ2n) is 7.67. The van der Waals surface area contributed by atoms with Crippen LogP contribution in [0.3, 0.4) is 0 Å². The highest BCUT2D eigenvalue weighted by atomic mass is 32.1. The molecule has 30 heavy (non-hydrogen) atoms. The molecule has 0 atom stereocenters. The van der Waals surface area contributed by atoms with Gasteiger partial charge in [0.15, 0.2) is 0 Å². The zero-order valence-electron chi connectivity index (χ0n) is 17.3. The van der Waals surface area contributed by atoms with E-state index in [1.165, 1.54) is 0 Å². The molecule has 1 fully saturated rings. The third kappa shape index (κ3) is 5.23. The van der Waals surface area contributed by atoms with Gasteiger partial charge in [-0.15, -0.1) is 11.3 Å². The van der Waals surface area contributed by atoms with Gasteiger partial charge in [0.25, 0.3) is 0 Å². The van der Waals surface area contributed by atoms with E-state index in [9.17, 15) is 4.79 Å². The summed E-state index contributed by atoms with van der Waals surface area (Å²) in [6.07, 6.45) is 5.13. The number of anilines is 1. The average Bonchev–Trinajstić information content (AvgIpc) is 3.16. The van der Waals surface area contributed by atoms with Gasteiger partial charge < -0.3 is 10.1 Å². The van der Waals surface area contributed by atoms with Crippen LogP contribution in [0.1, 0.15) is 29.1 Å². The van der Waals surface area contributed by atoms with E-state index in [2.05, 4.69) is 25.6 Å². The number of thiazole rings is 1. The fourth-order valence-corrected chi connectivity index (χ4v) is 4.29. The molecule has 0 saturated carbocycles. The molecule has 1 saturated heterocycles. The number of carbonyl (C=O) groups is 1. The van der Waals surface area contributed by atoms with Crippen LogP contribution < -0.4 is 10.1 Å². The topological polar surface area (TPSA) is 67.4 Å². The molecular weight excluding hydrogens is 396 g/mol. The molecule has 1 amide bonds. The van der Waals surface area contributed by atoms with Crippen LogP contribution in [0.4, 0.5) is 5.69 Å². The molecule has 156 valence electrons. The van der Waals surface area contributed by atoms with Gasteiger partial charge in [0.05, 0.1) is 16.9 Å². The van der Waals surface area contributed by atoms with Crippen LogP contribution in [0.5, 0.6) is 11.5 Å². The third-order valence-electron chi connectivity index (χ3n) is 5.32. The minimum absolute atomic E-state index is 0.0463. The Balaban J connectivity index is 1.29. The van der Waals surface area contributed by atoms with E-state index >= 15 is 0 Å². The normalized spacial score (nSPS) is 15.1. The summed E-state index contributed by atoms with van der Waals surface area (Å²) in [4.78, 5) is 23.7. The van der Waals surface area contributed by atoms with E-state index in [4.69, 9.17) is 4.74 Å². The lowest BCUT2D eigenvalue weighted by Crippen LogP contribution is -2.37. The van der Waals surface area contributed by atoms with Crippen molar-refractivity contribution < 1.29 is 9.53 Å². The number of rotatable bonds is 6. The second kappa shape index (κ2) is 9.36. The molecule has 3 aromatic rings. The SMILES string of the molecule is Cc1nc(CN2CCC(C(=O)Nc3ccc(Oc4cccnc4)c(C)c3)CC2)cs1. The summed E-state index contributed by atoms with van der Waals surface area (Å²) in [7, 11) is 0. The monoisotopic (exact) mass is 422 g/mol. The molecule has 0 spiro atoms. The number of carbonyl (C=O) groups excluding carboxylic acids is 1. The number of piperidine rings is 1. The quantitative estimate of drug-likeness (QED) is 0.618. The molecule has 0 bridgehead atoms. The van der Waals surface area contributed by atoms with Crippen LogP contribution >= 0.6 is 11.3 Å². The maximum atomic E-state index is 12.7. The third-order valence-corrected chi connectivity index (χ3v) is 6.14. The Hall–Kier alpha value is -2.77. The number of aryl methyl sites for hydroxylation is 2. The van der Waals surface area contributed by atoms with Crippen molar-refractivity contribution in [2.24, 2.45) is 5.92 Å². The fourth-order valence-electron chi connectivity index (χ4n) is 3.68. The molecule has 1 aliphatic rings. The smallest absolute Gasteiger partial charge is 0.227 e. The first-order valence-corrected chi connectivity index (χ1v) is 11.1. The van der Waals surface area contributed by atoms with E-state index in [0.29, 0.717) is 5.75 Å². The van der Waals surface area contributed by atoms with Crippen molar-refractivity contribution in [2.45, 2.75) is 33.2 Å². The molecule has 0 aliphatic carbocycles. The van der Waals surface area contributed by atoms with Crippen LogP contribution in [-0.4, -0.2) is 33.9 Å². The molecule has 1 aromatic carbocycles. The molecule has 0 unspecified atom stereocenters. The van der Waals surface area contributed by atoms with Gasteiger partial charge in [0, 0.05) is 29.7 Å². The van der Waals surface area contributed by atoms with Gasteiger partial charge in [-0.1, -0.05) is 0 Å². The minimum atomic E-state index is 0.0463. The van der Waals surface area contributed by atoms with Gasteiger partial charge in [-0.2, -0.15) is 0 Å². The number of hydrogen-bond acceptors (Lipinski definition) is 6. The van der Waals surface area contributed by atoms with Gasteiger partial charge in [0.1, 0.15) is 11.5 Å². The van der Waals surface area contributed by atoms with E-state index in [1.807, 2.05) is 44.2 Å². The Bertz CT molecular complexity index is 997. The molecule has 3 heterocycles. The van der Waals surface area contributed by atoms with Gasteiger partial charge >= 0.3 is 0 Å². The van der Waals surface area contributed by atoms with Crippen LogP contribution in [0.15, 0.2) is 48.1 Å². The van der Waals surface area contributed by atoms with Gasteiger partial charge in [-0.25, -0.2) is 4.98 Å². The number of pyridine rings is 1. The standard InChI is InChI=1S/C23H26N4O2S/c1-16-12-19(5-6-22(16)29-21-4-3-9-24-13-21)26-23(28)18-7-10-27(11-8-18)14-20-15-30-17(2)25-20/h3-6,9,12-13,15,18H,7-8,10-11,14H2,1-2H3,(H,26,28). The first kappa shape index (κ1) is 20.5. The predicted molar refractivity (Wildman–Crippen MR) is 119 cm³/mol. The average molecular weight is 423 g/mol. The Morgan fingerprint density at radius 1 is 1.27 bits per heavy atom. The largest absolute Gasteiger partial charge is 0.455 e. The van der Waals surface area contributed by atoms with Gasteiger partial charge in [-0.05, 0) is 75.7 Å². The van der Waals surface area contributed by atoms with E-state index in [0.717, 1.165) is 60.2 Å². The zero-order chi connectivity index (χ0) is 20.9. The molecule has 4 rings (SSSR count). The number of nitrogens with one attached hydrogen (secondary N) is 1. The Morgan fingerprint density at radius 3 is 2.77 bits per heavy atom. The summed E-state index contributed by atoms with van der Waals surface area (Å²) in [6.45, 7) is 6.72. The van der Waals surface area contributed by atoms with Gasteiger partial charge in [0.2, 0.25) is 5.91 Å². The summed E-state index contributed by atoms with van der Waals surface area (Å²) in [6, 6.07) is 9.42. The maximum absolute atomic E-state index is 12.7. The summed E-state index contributed by atoms with van der Waals surface area (Å²) < 4.78 is 5.86. The molecule has 6 nitrogen and oxygen atoms in total. The molecule has 7 heteroatoms. The summed E-state index contributed by atoms with van der Waals surface area (Å²) in [5, 5.41) is 6.30. The summed E-state index contributed by atoms with van der Waals surface area (Å²) in [5.41, 5.74) is 2.89. The second-order valence-corrected chi connectivity index (χ2v) is 8.73. The molecule has 0 radical (unpaired) electrons. The number of nitrogens with zero attached hydrogens (tertiary/aromatic N) is 3. The van der Waals surface area contributed by atoms with Crippen molar-refractivity contribution in [2.75, 3.05) is 18.4 Å².